The van der Waals surface area contributed by atoms with Gasteiger partial charge in [-0.1, -0.05) is 59.3 Å². The Morgan fingerprint density at radius 3 is 2.00 bits per heavy atom. The molecule has 2 heteroatoms. The van der Waals surface area contributed by atoms with Gasteiger partial charge in [-0.15, -0.1) is 0 Å². The summed E-state index contributed by atoms with van der Waals surface area (Å²) in [5.74, 6) is -0.545. The Bertz CT molecular complexity index is 271. The van der Waals surface area contributed by atoms with Crippen LogP contribution in [-0.2, 0) is 4.79 Å². The average molecular weight is 268 g/mol. The first-order chi connectivity index (χ1) is 8.92. The lowest BCUT2D eigenvalue weighted by atomic mass is 9.63. The summed E-state index contributed by atoms with van der Waals surface area (Å²) in [6, 6.07) is 0. The lowest BCUT2D eigenvalue weighted by molar-refractivity contribution is -0.153. The van der Waals surface area contributed by atoms with Gasteiger partial charge in [-0.3, -0.25) is 4.79 Å². The van der Waals surface area contributed by atoms with Crippen LogP contribution < -0.4 is 0 Å². The zero-order valence-electron chi connectivity index (χ0n) is 13.1. The summed E-state index contributed by atoms with van der Waals surface area (Å²) in [5, 5.41) is 9.60. The van der Waals surface area contributed by atoms with E-state index in [1.165, 1.54) is 32.1 Å². The molecule has 0 saturated heterocycles. The molecule has 1 saturated carbocycles. The lowest BCUT2D eigenvalue weighted by Crippen LogP contribution is -2.37. The van der Waals surface area contributed by atoms with Gasteiger partial charge < -0.3 is 5.11 Å². The molecule has 0 aromatic carbocycles. The van der Waals surface area contributed by atoms with Crippen LogP contribution in [0.3, 0.4) is 0 Å². The molecule has 0 bridgehead atoms. The van der Waals surface area contributed by atoms with Crippen molar-refractivity contribution in [2.75, 3.05) is 0 Å². The van der Waals surface area contributed by atoms with Crippen LogP contribution in [0.25, 0.3) is 0 Å². The molecule has 0 heterocycles. The quantitative estimate of drug-likeness (QED) is 0.598. The first kappa shape index (κ1) is 16.5. The summed E-state index contributed by atoms with van der Waals surface area (Å²) in [5.41, 5.74) is -0.0552. The molecule has 1 fully saturated rings. The van der Waals surface area contributed by atoms with Crippen molar-refractivity contribution in [3.8, 4) is 0 Å². The van der Waals surface area contributed by atoms with Crippen LogP contribution in [0.4, 0.5) is 0 Å². The Morgan fingerprint density at radius 1 is 0.947 bits per heavy atom. The highest BCUT2D eigenvalue weighted by atomic mass is 16.4. The van der Waals surface area contributed by atoms with Crippen LogP contribution in [0.5, 0.6) is 0 Å². The van der Waals surface area contributed by atoms with Gasteiger partial charge in [-0.05, 0) is 37.5 Å². The topological polar surface area (TPSA) is 37.3 Å². The molecule has 0 spiro atoms. The molecule has 2 nitrogen and oxygen atoms in total. The molecule has 1 aliphatic carbocycles. The van der Waals surface area contributed by atoms with Gasteiger partial charge in [0.2, 0.25) is 0 Å². The standard InChI is InChI=1S/C17H32O2/c1-4-5-6-7-8-9-10-17(15(18)19)13-11-16(2,3)12-14-17/h4-14H2,1-3H3,(H,18,19). The molecule has 1 aliphatic rings. The Kier molecular flexibility index (Phi) is 6.35. The second-order valence-electron chi connectivity index (χ2n) is 7.27. The number of hydrogen-bond donors (Lipinski definition) is 1. The minimum absolute atomic E-state index is 0.347. The molecular formula is C17H32O2. The third-order valence-corrected chi connectivity index (χ3v) is 5.02. The molecule has 1 N–H and O–H groups in total. The Labute approximate surface area is 119 Å². The van der Waals surface area contributed by atoms with Crippen molar-refractivity contribution in [1.29, 1.82) is 0 Å². The summed E-state index contributed by atoms with van der Waals surface area (Å²) in [4.78, 5) is 11.7. The highest BCUT2D eigenvalue weighted by molar-refractivity contribution is 5.74. The van der Waals surface area contributed by atoms with Gasteiger partial charge in [0, 0.05) is 0 Å². The fraction of sp³-hybridized carbons (Fsp3) is 0.941. The maximum atomic E-state index is 11.7. The highest BCUT2D eigenvalue weighted by Gasteiger charge is 2.43. The summed E-state index contributed by atoms with van der Waals surface area (Å²) >= 11 is 0. The Morgan fingerprint density at radius 2 is 1.47 bits per heavy atom. The van der Waals surface area contributed by atoms with E-state index in [0.29, 0.717) is 5.41 Å². The fourth-order valence-electron chi connectivity index (χ4n) is 3.22. The summed E-state index contributed by atoms with van der Waals surface area (Å²) < 4.78 is 0. The molecule has 0 atom stereocenters. The second kappa shape index (κ2) is 7.31. The number of aliphatic carboxylic acids is 1. The van der Waals surface area contributed by atoms with Gasteiger partial charge in [0.05, 0.1) is 5.41 Å². The number of carbonyl (C=O) groups is 1. The predicted molar refractivity (Wildman–Crippen MR) is 80.3 cm³/mol. The minimum Gasteiger partial charge on any atom is -0.481 e. The van der Waals surface area contributed by atoms with E-state index in [4.69, 9.17) is 0 Å². The van der Waals surface area contributed by atoms with Crippen molar-refractivity contribution in [2.24, 2.45) is 10.8 Å². The van der Waals surface area contributed by atoms with Gasteiger partial charge in [0.15, 0.2) is 0 Å². The van der Waals surface area contributed by atoms with E-state index in [0.717, 1.165) is 38.5 Å². The first-order valence-electron chi connectivity index (χ1n) is 8.15. The van der Waals surface area contributed by atoms with Crippen LogP contribution in [0, 0.1) is 10.8 Å². The van der Waals surface area contributed by atoms with Crippen molar-refractivity contribution in [3.05, 3.63) is 0 Å². The summed E-state index contributed by atoms with van der Waals surface area (Å²) in [6.45, 7) is 6.76. The normalized spacial score (nSPS) is 21.2. The number of carboxylic acid groups (broad SMARTS) is 1. The molecule has 0 amide bonds. The van der Waals surface area contributed by atoms with Crippen LogP contribution in [0.15, 0.2) is 0 Å². The van der Waals surface area contributed by atoms with Crippen LogP contribution in [-0.4, -0.2) is 11.1 Å². The van der Waals surface area contributed by atoms with Gasteiger partial charge in [0.25, 0.3) is 0 Å². The van der Waals surface area contributed by atoms with E-state index < -0.39 is 11.4 Å². The van der Waals surface area contributed by atoms with Crippen molar-refractivity contribution < 1.29 is 9.90 Å². The molecule has 112 valence electrons. The zero-order chi connectivity index (χ0) is 14.4. The summed E-state index contributed by atoms with van der Waals surface area (Å²) in [7, 11) is 0. The molecule has 1 rings (SSSR count). The van der Waals surface area contributed by atoms with E-state index >= 15 is 0 Å². The number of hydrogen-bond acceptors (Lipinski definition) is 1. The number of rotatable bonds is 8. The molecular weight excluding hydrogens is 236 g/mol. The average Bonchev–Trinajstić information content (AvgIpc) is 2.35. The minimum atomic E-state index is -0.545. The largest absolute Gasteiger partial charge is 0.481 e. The molecule has 0 radical (unpaired) electrons. The van der Waals surface area contributed by atoms with Crippen molar-refractivity contribution in [1.82, 2.24) is 0 Å². The molecule has 0 aromatic heterocycles. The number of carboxylic acids is 1. The molecule has 0 aliphatic heterocycles. The smallest absolute Gasteiger partial charge is 0.309 e. The van der Waals surface area contributed by atoms with E-state index in [1.807, 2.05) is 0 Å². The number of unbranched alkanes of at least 4 members (excludes halogenated alkanes) is 5. The van der Waals surface area contributed by atoms with E-state index in [2.05, 4.69) is 20.8 Å². The first-order valence-corrected chi connectivity index (χ1v) is 8.15. The highest BCUT2D eigenvalue weighted by Crippen LogP contribution is 2.47. The van der Waals surface area contributed by atoms with E-state index in [-0.39, 0.29) is 0 Å². The third-order valence-electron chi connectivity index (χ3n) is 5.02. The van der Waals surface area contributed by atoms with Crippen molar-refractivity contribution in [3.63, 3.8) is 0 Å². The van der Waals surface area contributed by atoms with Crippen LogP contribution in [0.1, 0.15) is 91.4 Å². The van der Waals surface area contributed by atoms with E-state index in [1.54, 1.807) is 0 Å². The zero-order valence-corrected chi connectivity index (χ0v) is 13.1. The third kappa shape index (κ3) is 5.16. The van der Waals surface area contributed by atoms with Crippen molar-refractivity contribution in [2.45, 2.75) is 91.4 Å². The van der Waals surface area contributed by atoms with Gasteiger partial charge >= 0.3 is 5.97 Å². The van der Waals surface area contributed by atoms with Crippen molar-refractivity contribution >= 4 is 5.97 Å². The molecule has 0 aromatic rings. The van der Waals surface area contributed by atoms with Crippen LogP contribution >= 0.6 is 0 Å². The monoisotopic (exact) mass is 268 g/mol. The maximum Gasteiger partial charge on any atom is 0.309 e. The lowest BCUT2D eigenvalue weighted by Gasteiger charge is -2.41. The Hall–Kier alpha value is -0.530. The molecule has 19 heavy (non-hydrogen) atoms. The second-order valence-corrected chi connectivity index (χ2v) is 7.27. The summed E-state index contributed by atoms with van der Waals surface area (Å²) in [6.07, 6.45) is 12.3. The fourth-order valence-corrected chi connectivity index (χ4v) is 3.22. The van der Waals surface area contributed by atoms with Gasteiger partial charge in [0.1, 0.15) is 0 Å². The van der Waals surface area contributed by atoms with Crippen LogP contribution in [0.2, 0.25) is 0 Å². The Balaban J connectivity index is 2.35. The van der Waals surface area contributed by atoms with Gasteiger partial charge in [-0.2, -0.15) is 0 Å². The predicted octanol–water partition coefficient (Wildman–Crippen LogP) is 5.41. The molecule has 0 unspecified atom stereocenters. The van der Waals surface area contributed by atoms with Gasteiger partial charge in [-0.25, -0.2) is 0 Å². The SMILES string of the molecule is CCCCCCCCC1(C(=O)O)CCC(C)(C)CC1. The van der Waals surface area contributed by atoms with E-state index in [9.17, 15) is 9.90 Å². The maximum absolute atomic E-state index is 11.7.